The Labute approximate surface area is 225 Å². The first-order valence-electron chi connectivity index (χ1n) is 12.4. The lowest BCUT2D eigenvalue weighted by molar-refractivity contribution is -0.139. The average Bonchev–Trinajstić information content (AvgIpc) is 2.89. The zero-order valence-electron chi connectivity index (χ0n) is 20.1. The van der Waals surface area contributed by atoms with E-state index in [1.54, 1.807) is 36.4 Å². The lowest BCUT2D eigenvalue weighted by Crippen LogP contribution is -2.37. The van der Waals surface area contributed by atoms with Gasteiger partial charge >= 0.3 is 5.97 Å². The van der Waals surface area contributed by atoms with Gasteiger partial charge < -0.3 is 19.9 Å². The summed E-state index contributed by atoms with van der Waals surface area (Å²) < 4.78 is 11.6. The van der Waals surface area contributed by atoms with Crippen LogP contribution in [0.2, 0.25) is 10.0 Å². The molecule has 1 aliphatic carbocycles. The summed E-state index contributed by atoms with van der Waals surface area (Å²) in [6.45, 7) is 0.315. The maximum absolute atomic E-state index is 12.9. The van der Waals surface area contributed by atoms with E-state index in [2.05, 4.69) is 11.4 Å². The highest BCUT2D eigenvalue weighted by Crippen LogP contribution is 2.42. The summed E-state index contributed by atoms with van der Waals surface area (Å²) in [5.41, 5.74) is 2.31. The van der Waals surface area contributed by atoms with Crippen molar-refractivity contribution in [2.75, 3.05) is 6.61 Å². The molecular formula is C29H27Cl2NO5. The van der Waals surface area contributed by atoms with E-state index >= 15 is 0 Å². The Morgan fingerprint density at radius 3 is 2.57 bits per heavy atom. The minimum Gasteiger partial charge on any atom is -0.493 e. The normalized spacial score (nSPS) is 20.9. The number of benzene rings is 3. The Balaban J connectivity index is 1.22. The molecule has 1 heterocycles. The van der Waals surface area contributed by atoms with Crippen molar-refractivity contribution >= 4 is 35.1 Å². The van der Waals surface area contributed by atoms with Crippen molar-refractivity contribution in [2.24, 2.45) is 0 Å². The Bertz CT molecular complexity index is 1310. The highest BCUT2D eigenvalue weighted by molar-refractivity contribution is 6.32. The monoisotopic (exact) mass is 539 g/mol. The molecule has 2 aliphatic rings. The molecule has 0 spiro atoms. The number of ether oxygens (including phenoxy) is 2. The van der Waals surface area contributed by atoms with E-state index in [9.17, 15) is 14.7 Å². The number of fused-ring (bicyclic) bond motifs is 1. The van der Waals surface area contributed by atoms with Crippen molar-refractivity contribution in [3.63, 3.8) is 0 Å². The molecule has 0 aromatic heterocycles. The van der Waals surface area contributed by atoms with Crippen LogP contribution in [-0.2, 0) is 4.79 Å². The van der Waals surface area contributed by atoms with E-state index in [4.69, 9.17) is 32.7 Å². The third-order valence-electron chi connectivity index (χ3n) is 7.08. The second kappa shape index (κ2) is 11.0. The van der Waals surface area contributed by atoms with Crippen molar-refractivity contribution in [3.8, 4) is 17.2 Å². The van der Waals surface area contributed by atoms with Gasteiger partial charge in [-0.05, 0) is 79.6 Å². The molecule has 2 N–H and O–H groups in total. The van der Waals surface area contributed by atoms with E-state index in [0.29, 0.717) is 52.3 Å². The Morgan fingerprint density at radius 1 is 1.00 bits per heavy atom. The number of rotatable bonds is 6. The van der Waals surface area contributed by atoms with Crippen LogP contribution in [0.15, 0.2) is 60.7 Å². The molecule has 8 heteroatoms. The van der Waals surface area contributed by atoms with Crippen LogP contribution in [0, 0.1) is 0 Å². The summed E-state index contributed by atoms with van der Waals surface area (Å²) in [5, 5.41) is 13.7. The highest BCUT2D eigenvalue weighted by Gasteiger charge is 2.29. The molecule has 0 bridgehead atoms. The van der Waals surface area contributed by atoms with Gasteiger partial charge in [0.25, 0.3) is 5.91 Å². The van der Waals surface area contributed by atoms with Gasteiger partial charge in [0.1, 0.15) is 17.2 Å². The number of hydrogen-bond donors (Lipinski definition) is 2. The maximum atomic E-state index is 12.9. The molecule has 6 nitrogen and oxygen atoms in total. The van der Waals surface area contributed by atoms with Crippen LogP contribution in [0.1, 0.15) is 65.4 Å². The summed E-state index contributed by atoms with van der Waals surface area (Å²) in [6.07, 6.45) is 4.37. The molecule has 1 aliphatic heterocycles. The molecule has 3 unspecified atom stereocenters. The van der Waals surface area contributed by atoms with E-state index in [1.807, 2.05) is 18.2 Å². The van der Waals surface area contributed by atoms with E-state index in [0.717, 1.165) is 30.7 Å². The van der Waals surface area contributed by atoms with Crippen molar-refractivity contribution in [2.45, 2.75) is 50.0 Å². The number of carboxylic acid groups (broad SMARTS) is 1. The van der Waals surface area contributed by atoms with Crippen molar-refractivity contribution in [1.29, 1.82) is 0 Å². The number of carbonyl (C=O) groups excluding carboxylic acids is 1. The number of halogens is 2. The van der Waals surface area contributed by atoms with Crippen LogP contribution in [0.5, 0.6) is 17.2 Å². The molecule has 1 fully saturated rings. The molecule has 0 saturated heterocycles. The minimum absolute atomic E-state index is 0.102. The Morgan fingerprint density at radius 2 is 1.81 bits per heavy atom. The number of nitrogens with one attached hydrogen (secondary N) is 1. The van der Waals surface area contributed by atoms with Crippen LogP contribution in [0.4, 0.5) is 0 Å². The first kappa shape index (κ1) is 25.4. The van der Waals surface area contributed by atoms with Gasteiger partial charge in [0.05, 0.1) is 17.5 Å². The van der Waals surface area contributed by atoms with Crippen LogP contribution in [0.3, 0.4) is 0 Å². The molecule has 5 rings (SSSR count). The third kappa shape index (κ3) is 5.86. The smallest absolute Gasteiger partial charge is 0.311 e. The van der Waals surface area contributed by atoms with Gasteiger partial charge in [0.2, 0.25) is 0 Å². The predicted molar refractivity (Wildman–Crippen MR) is 142 cm³/mol. The van der Waals surface area contributed by atoms with Gasteiger partial charge in [-0.15, -0.1) is 0 Å². The van der Waals surface area contributed by atoms with E-state index in [1.165, 1.54) is 5.56 Å². The maximum Gasteiger partial charge on any atom is 0.311 e. The summed E-state index contributed by atoms with van der Waals surface area (Å²) >= 11 is 12.6. The summed E-state index contributed by atoms with van der Waals surface area (Å²) in [6, 6.07) is 18.1. The van der Waals surface area contributed by atoms with Gasteiger partial charge in [-0.25, -0.2) is 0 Å². The fourth-order valence-corrected chi connectivity index (χ4v) is 5.59. The number of carboxylic acids is 1. The van der Waals surface area contributed by atoms with Crippen molar-refractivity contribution in [1.82, 2.24) is 5.32 Å². The van der Waals surface area contributed by atoms with Gasteiger partial charge in [0.15, 0.2) is 0 Å². The second-order valence-corrected chi connectivity index (χ2v) is 10.4. The lowest BCUT2D eigenvalue weighted by atomic mass is 9.81. The third-order valence-corrected chi connectivity index (χ3v) is 7.61. The van der Waals surface area contributed by atoms with E-state index in [-0.39, 0.29) is 11.9 Å². The number of aliphatic carboxylic acids is 1. The first-order chi connectivity index (χ1) is 17.9. The number of carbonyl (C=O) groups is 2. The van der Waals surface area contributed by atoms with Gasteiger partial charge in [0, 0.05) is 28.3 Å². The van der Waals surface area contributed by atoms with Crippen LogP contribution < -0.4 is 14.8 Å². The van der Waals surface area contributed by atoms with Crippen molar-refractivity contribution < 1.29 is 24.2 Å². The lowest BCUT2D eigenvalue weighted by Gasteiger charge is -2.30. The standard InChI is InChI=1S/C29H27Cl2NO5/c30-20-5-1-3-18(13-20)19-4-2-6-21(14-19)32-28(33)17-7-9-22(10-8-17)37-27-16-26-24(15-25(27)31)23(29(34)35)11-12-36-26/h1,3,5,7-10,13,15-16,19,21,23H,2,4,6,11-12,14H2,(H,32,33)(H,34,35). The average molecular weight is 540 g/mol. The highest BCUT2D eigenvalue weighted by atomic mass is 35.5. The molecule has 3 atom stereocenters. The van der Waals surface area contributed by atoms with E-state index < -0.39 is 11.9 Å². The molecule has 0 radical (unpaired) electrons. The Hall–Kier alpha value is -3.22. The predicted octanol–water partition coefficient (Wildman–Crippen LogP) is 7.19. The second-order valence-electron chi connectivity index (χ2n) is 9.56. The fraction of sp³-hybridized carbons (Fsp3) is 0.310. The van der Waals surface area contributed by atoms with Gasteiger partial charge in [-0.1, -0.05) is 41.8 Å². The topological polar surface area (TPSA) is 84.9 Å². The summed E-state index contributed by atoms with van der Waals surface area (Å²) in [4.78, 5) is 24.5. The first-order valence-corrected chi connectivity index (χ1v) is 13.2. The van der Waals surface area contributed by atoms with Crippen LogP contribution in [-0.4, -0.2) is 29.6 Å². The number of hydrogen-bond acceptors (Lipinski definition) is 4. The quantitative estimate of drug-likeness (QED) is 0.346. The summed E-state index contributed by atoms with van der Waals surface area (Å²) in [7, 11) is 0. The largest absolute Gasteiger partial charge is 0.493 e. The Kier molecular flexibility index (Phi) is 7.58. The molecule has 192 valence electrons. The SMILES string of the molecule is O=C(NC1CCCC(c2cccc(Cl)c2)C1)c1ccc(Oc2cc3c(cc2Cl)C(C(=O)O)CCO3)cc1. The molecule has 3 aromatic rings. The van der Waals surface area contributed by atoms with Gasteiger partial charge in [-0.2, -0.15) is 0 Å². The zero-order chi connectivity index (χ0) is 25.9. The molecule has 1 amide bonds. The van der Waals surface area contributed by atoms with Crippen molar-refractivity contribution in [3.05, 3.63) is 87.4 Å². The number of amides is 1. The minimum atomic E-state index is -0.906. The van der Waals surface area contributed by atoms with Crippen LogP contribution in [0.25, 0.3) is 0 Å². The van der Waals surface area contributed by atoms with Gasteiger partial charge in [-0.3, -0.25) is 9.59 Å². The molecular weight excluding hydrogens is 513 g/mol. The molecule has 1 saturated carbocycles. The summed E-state index contributed by atoms with van der Waals surface area (Å²) in [5.74, 6) is 0.0143. The van der Waals surface area contributed by atoms with Crippen LogP contribution >= 0.6 is 23.2 Å². The fourth-order valence-electron chi connectivity index (χ4n) is 5.18. The molecule has 3 aromatic carbocycles. The molecule has 37 heavy (non-hydrogen) atoms. The zero-order valence-corrected chi connectivity index (χ0v) is 21.6.